The van der Waals surface area contributed by atoms with E-state index in [4.69, 9.17) is 4.74 Å². The van der Waals surface area contributed by atoms with Gasteiger partial charge in [0.2, 0.25) is 0 Å². The lowest BCUT2D eigenvalue weighted by atomic mass is 9.98. The van der Waals surface area contributed by atoms with E-state index in [1.165, 1.54) is 24.8 Å². The molecular formula is C17H26O. The van der Waals surface area contributed by atoms with Gasteiger partial charge in [0.15, 0.2) is 0 Å². The molecule has 1 aromatic rings. The van der Waals surface area contributed by atoms with Crippen LogP contribution in [-0.2, 0) is 0 Å². The van der Waals surface area contributed by atoms with Gasteiger partial charge in [0.25, 0.3) is 0 Å². The quantitative estimate of drug-likeness (QED) is 0.423. The minimum Gasteiger partial charge on any atom is -0.494 e. The van der Waals surface area contributed by atoms with Gasteiger partial charge in [-0.3, -0.25) is 0 Å². The Kier molecular flexibility index (Phi) is 7.24. The zero-order chi connectivity index (χ0) is 13.2. The van der Waals surface area contributed by atoms with Gasteiger partial charge in [-0.2, -0.15) is 0 Å². The summed E-state index contributed by atoms with van der Waals surface area (Å²) in [5, 5.41) is 0. The van der Waals surface area contributed by atoms with Crippen molar-refractivity contribution in [1.82, 2.24) is 0 Å². The molecule has 0 saturated heterocycles. The van der Waals surface area contributed by atoms with Crippen molar-refractivity contribution in [3.05, 3.63) is 42.5 Å². The van der Waals surface area contributed by atoms with E-state index in [9.17, 15) is 0 Å². The normalized spacial score (nSPS) is 12.1. The number of unbranched alkanes of at least 4 members (excludes halogenated alkanes) is 3. The summed E-state index contributed by atoms with van der Waals surface area (Å²) >= 11 is 0. The highest BCUT2D eigenvalue weighted by Gasteiger charge is 2.03. The summed E-state index contributed by atoms with van der Waals surface area (Å²) < 4.78 is 5.73. The molecule has 1 atom stereocenters. The molecule has 0 bridgehead atoms. The predicted molar refractivity (Wildman–Crippen MR) is 79.3 cm³/mol. The number of ether oxygens (including phenoxy) is 1. The van der Waals surface area contributed by atoms with E-state index < -0.39 is 0 Å². The van der Waals surface area contributed by atoms with Crippen LogP contribution in [0.1, 0.15) is 57.4 Å². The van der Waals surface area contributed by atoms with Crippen molar-refractivity contribution in [3.63, 3.8) is 0 Å². The fraction of sp³-hybridized carbons (Fsp3) is 0.529. The Bertz CT molecular complexity index is 326. The zero-order valence-electron chi connectivity index (χ0n) is 11.8. The molecule has 0 spiro atoms. The fourth-order valence-electron chi connectivity index (χ4n) is 2.00. The molecule has 1 aromatic carbocycles. The molecule has 0 heterocycles. The summed E-state index contributed by atoms with van der Waals surface area (Å²) in [4.78, 5) is 0. The monoisotopic (exact) mass is 246 g/mol. The molecule has 0 aromatic heterocycles. The third-order valence-corrected chi connectivity index (χ3v) is 3.24. The van der Waals surface area contributed by atoms with E-state index in [1.54, 1.807) is 0 Å². The van der Waals surface area contributed by atoms with Gasteiger partial charge in [-0.25, -0.2) is 0 Å². The minimum atomic E-state index is 0.543. The van der Waals surface area contributed by atoms with Gasteiger partial charge in [0.1, 0.15) is 5.75 Å². The average Bonchev–Trinajstić information content (AvgIpc) is 2.39. The van der Waals surface area contributed by atoms with E-state index in [-0.39, 0.29) is 0 Å². The van der Waals surface area contributed by atoms with Crippen molar-refractivity contribution in [2.75, 3.05) is 6.61 Å². The first-order chi connectivity index (χ1) is 8.77. The molecule has 100 valence electrons. The average molecular weight is 246 g/mol. The van der Waals surface area contributed by atoms with Gasteiger partial charge >= 0.3 is 0 Å². The number of benzene rings is 1. The molecule has 0 fully saturated rings. The largest absolute Gasteiger partial charge is 0.494 e. The van der Waals surface area contributed by atoms with Crippen molar-refractivity contribution >= 4 is 0 Å². The first-order valence-electron chi connectivity index (χ1n) is 7.11. The molecule has 18 heavy (non-hydrogen) atoms. The maximum Gasteiger partial charge on any atom is 0.119 e. The topological polar surface area (TPSA) is 9.23 Å². The lowest BCUT2D eigenvalue weighted by molar-refractivity contribution is 0.305. The van der Waals surface area contributed by atoms with Crippen LogP contribution in [0.3, 0.4) is 0 Å². The second-order valence-electron chi connectivity index (χ2n) is 4.90. The molecule has 0 N–H and O–H groups in total. The summed E-state index contributed by atoms with van der Waals surface area (Å²) in [5.41, 5.74) is 1.35. The van der Waals surface area contributed by atoms with E-state index >= 15 is 0 Å². The van der Waals surface area contributed by atoms with Gasteiger partial charge in [-0.1, -0.05) is 51.3 Å². The first kappa shape index (κ1) is 14.8. The summed E-state index contributed by atoms with van der Waals surface area (Å²) in [5.74, 6) is 1.53. The molecule has 0 radical (unpaired) electrons. The summed E-state index contributed by atoms with van der Waals surface area (Å²) in [7, 11) is 0. The SMILES string of the molecule is C=CCC(C)c1ccc(OCCCCCC)cc1. The van der Waals surface area contributed by atoms with E-state index in [0.29, 0.717) is 5.92 Å². The third kappa shape index (κ3) is 5.39. The van der Waals surface area contributed by atoms with Gasteiger partial charge in [0.05, 0.1) is 6.61 Å². The van der Waals surface area contributed by atoms with Crippen molar-refractivity contribution < 1.29 is 4.74 Å². The van der Waals surface area contributed by atoms with Gasteiger partial charge in [-0.15, -0.1) is 6.58 Å². The van der Waals surface area contributed by atoms with Crippen molar-refractivity contribution in [3.8, 4) is 5.75 Å². The fourth-order valence-corrected chi connectivity index (χ4v) is 2.00. The second kappa shape index (κ2) is 8.79. The Morgan fingerprint density at radius 3 is 2.50 bits per heavy atom. The number of hydrogen-bond donors (Lipinski definition) is 0. The molecule has 1 nitrogen and oxygen atoms in total. The lowest BCUT2D eigenvalue weighted by Crippen LogP contribution is -1.98. The Labute approximate surface area is 112 Å². The van der Waals surface area contributed by atoms with Crippen molar-refractivity contribution in [1.29, 1.82) is 0 Å². The summed E-state index contributed by atoms with van der Waals surface area (Å²) in [6, 6.07) is 8.48. The van der Waals surface area contributed by atoms with Gasteiger partial charge in [0, 0.05) is 0 Å². The Hall–Kier alpha value is -1.24. The van der Waals surface area contributed by atoms with E-state index in [1.807, 2.05) is 6.08 Å². The van der Waals surface area contributed by atoms with Crippen LogP contribution >= 0.6 is 0 Å². The maximum atomic E-state index is 5.73. The van der Waals surface area contributed by atoms with Crippen LogP contribution in [0.25, 0.3) is 0 Å². The molecule has 0 aliphatic carbocycles. The van der Waals surface area contributed by atoms with Gasteiger partial charge < -0.3 is 4.74 Å². The van der Waals surface area contributed by atoms with Crippen LogP contribution in [0.4, 0.5) is 0 Å². The molecular weight excluding hydrogens is 220 g/mol. The Morgan fingerprint density at radius 1 is 1.17 bits per heavy atom. The highest BCUT2D eigenvalue weighted by atomic mass is 16.5. The molecule has 1 heteroatoms. The molecule has 1 rings (SSSR count). The summed E-state index contributed by atoms with van der Waals surface area (Å²) in [6.45, 7) is 9.07. The number of rotatable bonds is 9. The second-order valence-corrected chi connectivity index (χ2v) is 4.90. The van der Waals surface area contributed by atoms with Crippen LogP contribution in [0.2, 0.25) is 0 Å². The Morgan fingerprint density at radius 2 is 1.89 bits per heavy atom. The highest BCUT2D eigenvalue weighted by Crippen LogP contribution is 2.22. The molecule has 0 aliphatic rings. The van der Waals surface area contributed by atoms with Gasteiger partial charge in [-0.05, 0) is 36.5 Å². The molecule has 0 amide bonds. The van der Waals surface area contributed by atoms with Crippen LogP contribution in [-0.4, -0.2) is 6.61 Å². The smallest absolute Gasteiger partial charge is 0.119 e. The highest BCUT2D eigenvalue weighted by molar-refractivity contribution is 5.29. The van der Waals surface area contributed by atoms with E-state index in [2.05, 4.69) is 44.7 Å². The van der Waals surface area contributed by atoms with Crippen LogP contribution < -0.4 is 4.74 Å². The zero-order valence-corrected chi connectivity index (χ0v) is 11.8. The minimum absolute atomic E-state index is 0.543. The molecule has 0 saturated carbocycles. The summed E-state index contributed by atoms with van der Waals surface area (Å²) in [6.07, 6.45) is 8.00. The van der Waals surface area contributed by atoms with E-state index in [0.717, 1.165) is 25.2 Å². The first-order valence-corrected chi connectivity index (χ1v) is 7.11. The lowest BCUT2D eigenvalue weighted by Gasteiger charge is -2.11. The van der Waals surface area contributed by atoms with Crippen LogP contribution in [0, 0.1) is 0 Å². The molecule has 0 aliphatic heterocycles. The number of allylic oxidation sites excluding steroid dienone is 1. The number of hydrogen-bond acceptors (Lipinski definition) is 1. The van der Waals surface area contributed by atoms with Crippen LogP contribution in [0.15, 0.2) is 36.9 Å². The third-order valence-electron chi connectivity index (χ3n) is 3.24. The maximum absolute atomic E-state index is 5.73. The predicted octanol–water partition coefficient (Wildman–Crippen LogP) is 5.33. The Balaban J connectivity index is 2.33. The molecule has 1 unspecified atom stereocenters. The van der Waals surface area contributed by atoms with Crippen molar-refractivity contribution in [2.45, 2.75) is 51.9 Å². The standard InChI is InChI=1S/C17H26O/c1-4-6-7-8-14-18-17-12-10-16(11-13-17)15(3)9-5-2/h5,10-13,15H,2,4,6-9,14H2,1,3H3. The van der Waals surface area contributed by atoms with Crippen molar-refractivity contribution in [2.24, 2.45) is 0 Å². The van der Waals surface area contributed by atoms with Crippen LogP contribution in [0.5, 0.6) is 5.75 Å².